The Balaban J connectivity index is 2.46. The number of ether oxygens (including phenoxy) is 1. The van der Waals surface area contributed by atoms with Crippen molar-refractivity contribution in [1.29, 1.82) is 0 Å². The molecule has 0 saturated carbocycles. The van der Waals surface area contributed by atoms with Gasteiger partial charge in [0.15, 0.2) is 11.6 Å². The van der Waals surface area contributed by atoms with Crippen molar-refractivity contribution in [2.24, 2.45) is 0 Å². The van der Waals surface area contributed by atoms with E-state index in [0.717, 1.165) is 0 Å². The summed E-state index contributed by atoms with van der Waals surface area (Å²) in [5.74, 6) is -0.253. The summed E-state index contributed by atoms with van der Waals surface area (Å²) in [6, 6.07) is 8.82. The van der Waals surface area contributed by atoms with Gasteiger partial charge in [0.1, 0.15) is 5.75 Å². The van der Waals surface area contributed by atoms with E-state index in [1.165, 1.54) is 24.3 Å². The molecule has 0 bridgehead atoms. The lowest BCUT2D eigenvalue weighted by Gasteiger charge is -2.12. The molecule has 0 heterocycles. The van der Waals surface area contributed by atoms with Gasteiger partial charge in [-0.25, -0.2) is 4.39 Å². The smallest absolute Gasteiger partial charge is 0.276 e. The molecule has 2 aromatic carbocycles. The van der Waals surface area contributed by atoms with Crippen molar-refractivity contribution in [2.45, 2.75) is 12.8 Å². The van der Waals surface area contributed by atoms with Crippen LogP contribution in [0.1, 0.15) is 11.1 Å². The second-order valence-corrected chi connectivity index (χ2v) is 4.39. The second-order valence-electron chi connectivity index (χ2n) is 4.12. The first-order valence-electron chi connectivity index (χ1n) is 5.79. The summed E-state index contributed by atoms with van der Waals surface area (Å²) in [5.41, 5.74) is 0.741. The Hall–Kier alpha value is -2.14. The van der Waals surface area contributed by atoms with Crippen molar-refractivity contribution in [1.82, 2.24) is 0 Å². The fourth-order valence-corrected chi connectivity index (χ4v) is 2.00. The van der Waals surface area contributed by atoms with Gasteiger partial charge >= 0.3 is 0 Å². The zero-order valence-electron chi connectivity index (χ0n) is 10.6. The molecule has 20 heavy (non-hydrogen) atoms. The molecular weight excluding hydrogens is 285 g/mol. The number of nitrogens with zero attached hydrogens (tertiary/aromatic N) is 1. The predicted octanol–water partition coefficient (Wildman–Crippen LogP) is 4.57. The lowest BCUT2D eigenvalue weighted by Crippen LogP contribution is -1.97. The Morgan fingerprint density at radius 2 is 2.00 bits per heavy atom. The highest BCUT2D eigenvalue weighted by atomic mass is 35.5. The minimum Gasteiger partial charge on any atom is -0.453 e. The average Bonchev–Trinajstić information content (AvgIpc) is 2.42. The zero-order valence-corrected chi connectivity index (χ0v) is 11.4. The maximum absolute atomic E-state index is 13.8. The van der Waals surface area contributed by atoms with Crippen molar-refractivity contribution in [3.63, 3.8) is 0 Å². The van der Waals surface area contributed by atoms with E-state index < -0.39 is 10.7 Å². The van der Waals surface area contributed by atoms with Gasteiger partial charge in [-0.05, 0) is 19.1 Å². The van der Waals surface area contributed by atoms with Crippen LogP contribution in [0, 0.1) is 22.9 Å². The Labute approximate surface area is 119 Å². The molecule has 4 nitrogen and oxygen atoms in total. The lowest BCUT2D eigenvalue weighted by atomic mass is 10.1. The molecule has 0 aliphatic carbocycles. The molecule has 0 radical (unpaired) electrons. The number of benzene rings is 2. The lowest BCUT2D eigenvalue weighted by molar-refractivity contribution is -0.385. The van der Waals surface area contributed by atoms with Crippen LogP contribution < -0.4 is 4.74 Å². The van der Waals surface area contributed by atoms with Gasteiger partial charge in [0.2, 0.25) is 0 Å². The van der Waals surface area contributed by atoms with Crippen molar-refractivity contribution >= 4 is 17.3 Å². The Morgan fingerprint density at radius 1 is 1.30 bits per heavy atom. The van der Waals surface area contributed by atoms with Crippen molar-refractivity contribution in [2.75, 3.05) is 0 Å². The summed E-state index contributed by atoms with van der Waals surface area (Å²) in [4.78, 5) is 10.4. The molecule has 2 aromatic rings. The number of alkyl halides is 1. The highest BCUT2D eigenvalue weighted by molar-refractivity contribution is 6.17. The van der Waals surface area contributed by atoms with Crippen LogP contribution in [-0.2, 0) is 5.88 Å². The summed E-state index contributed by atoms with van der Waals surface area (Å²) >= 11 is 5.74. The molecule has 6 heteroatoms. The highest BCUT2D eigenvalue weighted by Gasteiger charge is 2.17. The molecular formula is C14H11ClFNO3. The van der Waals surface area contributed by atoms with Crippen molar-refractivity contribution in [3.8, 4) is 11.5 Å². The predicted molar refractivity (Wildman–Crippen MR) is 73.9 cm³/mol. The third-order valence-corrected chi connectivity index (χ3v) is 3.14. The summed E-state index contributed by atoms with van der Waals surface area (Å²) in [6.07, 6.45) is 0. The molecule has 0 fully saturated rings. The number of nitro groups is 1. The number of hydrogen-bond acceptors (Lipinski definition) is 3. The minimum absolute atomic E-state index is 0.00824. The van der Waals surface area contributed by atoms with Crippen LogP contribution in [0.5, 0.6) is 11.5 Å². The molecule has 0 aromatic heterocycles. The molecule has 0 N–H and O–H groups in total. The second kappa shape index (κ2) is 5.88. The van der Waals surface area contributed by atoms with Gasteiger partial charge in [-0.2, -0.15) is 0 Å². The SMILES string of the molecule is Cc1c(Oc2c(F)cccc2CCl)cccc1[N+](=O)[O-]. The summed E-state index contributed by atoms with van der Waals surface area (Å²) in [7, 11) is 0. The minimum atomic E-state index is -0.561. The van der Waals surface area contributed by atoms with Crippen LogP contribution in [0.15, 0.2) is 36.4 Å². The van der Waals surface area contributed by atoms with Crippen LogP contribution in [0.25, 0.3) is 0 Å². The molecule has 0 spiro atoms. The van der Waals surface area contributed by atoms with Gasteiger partial charge in [0.05, 0.1) is 16.4 Å². The van der Waals surface area contributed by atoms with Gasteiger partial charge < -0.3 is 4.74 Å². The van der Waals surface area contributed by atoms with Crippen LogP contribution in [0.4, 0.5) is 10.1 Å². The topological polar surface area (TPSA) is 52.4 Å². The normalized spacial score (nSPS) is 10.3. The molecule has 104 valence electrons. The van der Waals surface area contributed by atoms with Gasteiger partial charge in [-0.3, -0.25) is 10.1 Å². The third-order valence-electron chi connectivity index (χ3n) is 2.86. The van der Waals surface area contributed by atoms with Gasteiger partial charge in [-0.1, -0.05) is 18.2 Å². The maximum Gasteiger partial charge on any atom is 0.276 e. The van der Waals surface area contributed by atoms with E-state index in [1.54, 1.807) is 19.1 Å². The zero-order chi connectivity index (χ0) is 14.7. The average molecular weight is 296 g/mol. The fraction of sp³-hybridized carbons (Fsp3) is 0.143. The van der Waals surface area contributed by atoms with Gasteiger partial charge in [-0.15, -0.1) is 11.6 Å². The first-order chi connectivity index (χ1) is 9.54. The molecule has 0 amide bonds. The quantitative estimate of drug-likeness (QED) is 0.471. The number of para-hydroxylation sites is 1. The molecule has 0 unspecified atom stereocenters. The van der Waals surface area contributed by atoms with Crippen molar-refractivity contribution in [3.05, 3.63) is 63.5 Å². The number of rotatable bonds is 4. The summed E-state index contributed by atoms with van der Waals surface area (Å²) in [5, 5.41) is 10.9. The van der Waals surface area contributed by atoms with Gasteiger partial charge in [0, 0.05) is 11.6 Å². The maximum atomic E-state index is 13.8. The van der Waals surface area contributed by atoms with E-state index in [4.69, 9.17) is 16.3 Å². The molecule has 0 saturated heterocycles. The molecule has 2 rings (SSSR count). The Bertz CT molecular complexity index is 661. The van der Waals surface area contributed by atoms with E-state index >= 15 is 0 Å². The number of nitro benzene ring substituents is 1. The van der Waals surface area contributed by atoms with Gasteiger partial charge in [0.25, 0.3) is 5.69 Å². The van der Waals surface area contributed by atoms with Crippen LogP contribution >= 0.6 is 11.6 Å². The molecule has 0 atom stereocenters. The number of hydrogen-bond donors (Lipinski definition) is 0. The van der Waals surface area contributed by atoms with E-state index in [2.05, 4.69) is 0 Å². The monoisotopic (exact) mass is 295 g/mol. The van der Waals surface area contributed by atoms with Crippen LogP contribution in [-0.4, -0.2) is 4.92 Å². The third kappa shape index (κ3) is 2.72. The highest BCUT2D eigenvalue weighted by Crippen LogP contribution is 2.34. The Kier molecular flexibility index (Phi) is 4.20. The van der Waals surface area contributed by atoms with Crippen molar-refractivity contribution < 1.29 is 14.1 Å². The fourth-order valence-electron chi connectivity index (χ4n) is 1.79. The van der Waals surface area contributed by atoms with Crippen LogP contribution in [0.3, 0.4) is 0 Å². The Morgan fingerprint density at radius 3 is 2.65 bits per heavy atom. The number of halogens is 2. The van der Waals surface area contributed by atoms with E-state index in [-0.39, 0.29) is 23.1 Å². The molecule has 0 aliphatic heterocycles. The van der Waals surface area contributed by atoms with E-state index in [9.17, 15) is 14.5 Å². The molecule has 0 aliphatic rings. The largest absolute Gasteiger partial charge is 0.453 e. The van der Waals surface area contributed by atoms with E-state index in [0.29, 0.717) is 11.1 Å². The standard InChI is InChI=1S/C14H11ClFNO3/c1-9-12(17(18)19)6-3-7-13(9)20-14-10(8-15)4-2-5-11(14)16/h2-7H,8H2,1H3. The summed E-state index contributed by atoms with van der Waals surface area (Å²) < 4.78 is 19.3. The van der Waals surface area contributed by atoms with E-state index in [1.807, 2.05) is 0 Å². The van der Waals surface area contributed by atoms with Crippen LogP contribution in [0.2, 0.25) is 0 Å². The summed E-state index contributed by atoms with van der Waals surface area (Å²) in [6.45, 7) is 1.55. The first-order valence-corrected chi connectivity index (χ1v) is 6.33. The first kappa shape index (κ1) is 14.3.